The minimum atomic E-state index is -3.03. The molecule has 1 aliphatic rings. The molecule has 1 rings (SSSR count). The summed E-state index contributed by atoms with van der Waals surface area (Å²) in [5.74, 6) is 0.473. The summed E-state index contributed by atoms with van der Waals surface area (Å²) in [4.78, 5) is 0. The van der Waals surface area contributed by atoms with E-state index in [0.717, 1.165) is 32.2 Å². The summed E-state index contributed by atoms with van der Waals surface area (Å²) in [7, 11) is -3.03. The van der Waals surface area contributed by atoms with E-state index >= 15 is 0 Å². The van der Waals surface area contributed by atoms with Crippen molar-refractivity contribution in [3.63, 3.8) is 0 Å². The Morgan fingerprint density at radius 3 is 2.62 bits per heavy atom. The van der Waals surface area contributed by atoms with Gasteiger partial charge < -0.3 is 5.32 Å². The van der Waals surface area contributed by atoms with Crippen molar-refractivity contribution in [1.82, 2.24) is 9.62 Å². The number of sulfonamides is 1. The zero-order chi connectivity index (χ0) is 16.1. The van der Waals surface area contributed by atoms with Crippen molar-refractivity contribution in [2.24, 2.45) is 5.92 Å². The maximum atomic E-state index is 11.6. The minimum Gasteiger partial charge on any atom is -0.312 e. The third-order valence-electron chi connectivity index (χ3n) is 3.85. The lowest BCUT2D eigenvalue weighted by atomic mass is 9.92. The molecule has 1 fully saturated rings. The van der Waals surface area contributed by atoms with Gasteiger partial charge in [-0.05, 0) is 65.8 Å². The van der Waals surface area contributed by atoms with Gasteiger partial charge in [0, 0.05) is 18.6 Å². The largest absolute Gasteiger partial charge is 0.312 e. The predicted molar refractivity (Wildman–Crippen MR) is 89.9 cm³/mol. The van der Waals surface area contributed by atoms with Crippen molar-refractivity contribution in [3.8, 4) is 0 Å². The molecule has 1 saturated heterocycles. The van der Waals surface area contributed by atoms with E-state index in [1.165, 1.54) is 11.8 Å². The summed E-state index contributed by atoms with van der Waals surface area (Å²) in [5, 5.41) is 3.48. The lowest BCUT2D eigenvalue weighted by Crippen LogP contribution is -2.39. The van der Waals surface area contributed by atoms with Crippen LogP contribution in [0.5, 0.6) is 0 Å². The molecular formula is C16H32N2O2S. The van der Waals surface area contributed by atoms with Crippen LogP contribution in [0.15, 0.2) is 11.6 Å². The standard InChI is InChI=1S/C16H32N2O2S/c1-14(8-6-10-17-16(2,3)4)12-15-9-7-11-18(13-15)21(5,19)20/h8,15,17H,6-7,9-13H2,1-5H3. The molecule has 4 nitrogen and oxygen atoms in total. The van der Waals surface area contributed by atoms with Crippen molar-refractivity contribution in [2.75, 3.05) is 25.9 Å². The molecule has 1 atom stereocenters. The molecule has 0 spiro atoms. The van der Waals surface area contributed by atoms with Gasteiger partial charge in [-0.15, -0.1) is 0 Å². The van der Waals surface area contributed by atoms with Gasteiger partial charge in [0.05, 0.1) is 6.26 Å². The average molecular weight is 317 g/mol. The van der Waals surface area contributed by atoms with Crippen LogP contribution in [0.2, 0.25) is 0 Å². The monoisotopic (exact) mass is 316 g/mol. The van der Waals surface area contributed by atoms with E-state index in [4.69, 9.17) is 0 Å². The first kappa shape index (κ1) is 18.7. The van der Waals surface area contributed by atoms with E-state index in [0.29, 0.717) is 19.0 Å². The van der Waals surface area contributed by atoms with Gasteiger partial charge in [0.25, 0.3) is 0 Å². The number of nitrogens with one attached hydrogen (secondary N) is 1. The zero-order valence-electron chi connectivity index (χ0n) is 14.3. The Morgan fingerprint density at radius 1 is 1.38 bits per heavy atom. The van der Waals surface area contributed by atoms with E-state index in [1.54, 1.807) is 4.31 Å². The summed E-state index contributed by atoms with van der Waals surface area (Å²) < 4.78 is 24.9. The molecule has 21 heavy (non-hydrogen) atoms. The van der Waals surface area contributed by atoms with Gasteiger partial charge in [-0.3, -0.25) is 0 Å². The number of piperidine rings is 1. The van der Waals surface area contributed by atoms with Crippen LogP contribution < -0.4 is 5.32 Å². The van der Waals surface area contributed by atoms with Crippen LogP contribution in [-0.2, 0) is 10.0 Å². The van der Waals surface area contributed by atoms with Crippen LogP contribution in [0.3, 0.4) is 0 Å². The summed E-state index contributed by atoms with van der Waals surface area (Å²) >= 11 is 0. The van der Waals surface area contributed by atoms with Crippen molar-refractivity contribution in [1.29, 1.82) is 0 Å². The van der Waals surface area contributed by atoms with Crippen LogP contribution in [0.25, 0.3) is 0 Å². The molecule has 1 N–H and O–H groups in total. The second-order valence-corrected chi connectivity index (χ2v) is 9.33. The fourth-order valence-corrected chi connectivity index (χ4v) is 3.74. The van der Waals surface area contributed by atoms with Gasteiger partial charge in [0.1, 0.15) is 0 Å². The maximum absolute atomic E-state index is 11.6. The second-order valence-electron chi connectivity index (χ2n) is 7.35. The Bertz CT molecular complexity index is 449. The minimum absolute atomic E-state index is 0.168. The molecule has 0 saturated carbocycles. The normalized spacial score (nSPS) is 22.5. The number of nitrogens with zero attached hydrogens (tertiary/aromatic N) is 1. The van der Waals surface area contributed by atoms with Crippen LogP contribution in [0.1, 0.15) is 53.4 Å². The molecule has 0 amide bonds. The van der Waals surface area contributed by atoms with Crippen molar-refractivity contribution in [2.45, 2.75) is 58.9 Å². The first-order valence-corrected chi connectivity index (χ1v) is 9.78. The quantitative estimate of drug-likeness (QED) is 0.605. The number of rotatable bonds is 6. The zero-order valence-corrected chi connectivity index (χ0v) is 15.1. The average Bonchev–Trinajstić information content (AvgIpc) is 2.33. The van der Waals surface area contributed by atoms with E-state index in [-0.39, 0.29) is 5.54 Å². The van der Waals surface area contributed by atoms with E-state index in [1.807, 2.05) is 0 Å². The summed E-state index contributed by atoms with van der Waals surface area (Å²) in [6, 6.07) is 0. The Balaban J connectivity index is 2.38. The Kier molecular flexibility index (Phi) is 6.88. The molecule has 0 aliphatic carbocycles. The first-order chi connectivity index (χ1) is 9.58. The number of hydrogen-bond acceptors (Lipinski definition) is 3. The molecule has 0 aromatic carbocycles. The highest BCUT2D eigenvalue weighted by molar-refractivity contribution is 7.88. The molecule has 0 bridgehead atoms. The Hall–Kier alpha value is -0.390. The predicted octanol–water partition coefficient (Wildman–Crippen LogP) is 2.77. The molecule has 0 radical (unpaired) electrons. The van der Waals surface area contributed by atoms with Crippen molar-refractivity contribution < 1.29 is 8.42 Å². The highest BCUT2D eigenvalue weighted by Gasteiger charge is 2.25. The third kappa shape index (κ3) is 7.98. The number of allylic oxidation sites excluding steroid dienone is 1. The Labute approximate surface area is 131 Å². The van der Waals surface area contributed by atoms with Crippen molar-refractivity contribution in [3.05, 3.63) is 11.6 Å². The molecule has 1 heterocycles. The summed E-state index contributed by atoms with van der Waals surface area (Å²) in [5.41, 5.74) is 1.55. The first-order valence-electron chi connectivity index (χ1n) is 7.94. The topological polar surface area (TPSA) is 49.4 Å². The van der Waals surface area contributed by atoms with Gasteiger partial charge in [0.2, 0.25) is 10.0 Å². The van der Waals surface area contributed by atoms with Crippen LogP contribution in [0.4, 0.5) is 0 Å². The fourth-order valence-electron chi connectivity index (χ4n) is 2.80. The van der Waals surface area contributed by atoms with Gasteiger partial charge >= 0.3 is 0 Å². The molecule has 124 valence electrons. The van der Waals surface area contributed by atoms with Gasteiger partial charge in [-0.2, -0.15) is 0 Å². The van der Waals surface area contributed by atoms with Gasteiger partial charge in [-0.1, -0.05) is 11.6 Å². The van der Waals surface area contributed by atoms with Crippen LogP contribution >= 0.6 is 0 Å². The SMILES string of the molecule is CC(=CCCNC(C)(C)C)CC1CCCN(S(C)(=O)=O)C1. The lowest BCUT2D eigenvalue weighted by Gasteiger charge is -2.31. The smallest absolute Gasteiger partial charge is 0.211 e. The third-order valence-corrected chi connectivity index (χ3v) is 5.12. The number of hydrogen-bond donors (Lipinski definition) is 1. The highest BCUT2D eigenvalue weighted by Crippen LogP contribution is 2.24. The Morgan fingerprint density at radius 2 is 2.05 bits per heavy atom. The van der Waals surface area contributed by atoms with Crippen LogP contribution in [0, 0.1) is 5.92 Å². The summed E-state index contributed by atoms with van der Waals surface area (Å²) in [6.07, 6.45) is 7.77. The fraction of sp³-hybridized carbons (Fsp3) is 0.875. The molecule has 0 aromatic heterocycles. The van der Waals surface area contributed by atoms with Crippen LogP contribution in [-0.4, -0.2) is 44.2 Å². The second kappa shape index (κ2) is 7.75. The van der Waals surface area contributed by atoms with E-state index in [2.05, 4.69) is 39.1 Å². The molecule has 1 aliphatic heterocycles. The van der Waals surface area contributed by atoms with E-state index < -0.39 is 10.0 Å². The molecular weight excluding hydrogens is 284 g/mol. The lowest BCUT2D eigenvalue weighted by molar-refractivity contribution is 0.266. The van der Waals surface area contributed by atoms with Crippen molar-refractivity contribution >= 4 is 10.0 Å². The molecule has 0 aromatic rings. The van der Waals surface area contributed by atoms with Gasteiger partial charge in [0.15, 0.2) is 0 Å². The van der Waals surface area contributed by atoms with Gasteiger partial charge in [-0.25, -0.2) is 12.7 Å². The molecule has 1 unspecified atom stereocenters. The highest BCUT2D eigenvalue weighted by atomic mass is 32.2. The summed E-state index contributed by atoms with van der Waals surface area (Å²) in [6.45, 7) is 11.0. The van der Waals surface area contributed by atoms with E-state index in [9.17, 15) is 8.42 Å². The maximum Gasteiger partial charge on any atom is 0.211 e. The molecule has 5 heteroatoms.